The van der Waals surface area contributed by atoms with E-state index in [2.05, 4.69) is 33.1 Å². The Balaban J connectivity index is 2.33. The lowest BCUT2D eigenvalue weighted by Gasteiger charge is -2.06. The van der Waals surface area contributed by atoms with Gasteiger partial charge in [0.2, 0.25) is 0 Å². The highest BCUT2D eigenvalue weighted by molar-refractivity contribution is 9.11. The molecule has 1 nitrogen and oxygen atoms in total. The normalized spacial score (nSPS) is 21.1. The molecule has 0 radical (unpaired) electrons. The average Bonchev–Trinajstić information content (AvgIpc) is 2.53. The van der Waals surface area contributed by atoms with Crippen LogP contribution in [-0.2, 0) is 0 Å². The molecule has 2 heteroatoms. The van der Waals surface area contributed by atoms with Crippen LogP contribution >= 0.6 is 15.9 Å². The number of pyridine rings is 1. The highest BCUT2D eigenvalue weighted by atomic mass is 79.9. The van der Waals surface area contributed by atoms with Gasteiger partial charge in [-0.3, -0.25) is 4.98 Å². The maximum absolute atomic E-state index is 4.29. The predicted molar refractivity (Wildman–Crippen MR) is 53.1 cm³/mol. The first-order valence-electron chi connectivity index (χ1n) is 3.83. The molecule has 2 rings (SSSR count). The standard InChI is InChI=1S/C10H8BrN/c11-9-5-3-4-8(9)10-6-1-2-7-12-10/h1-8H. The quantitative estimate of drug-likeness (QED) is 0.711. The third kappa shape index (κ3) is 1.34. The van der Waals surface area contributed by atoms with E-state index in [1.807, 2.05) is 30.5 Å². The largest absolute Gasteiger partial charge is 0.260 e. The molecule has 1 heterocycles. The molecule has 0 bridgehead atoms. The molecule has 1 aromatic rings. The molecule has 0 fully saturated rings. The molecule has 0 spiro atoms. The number of halogens is 1. The van der Waals surface area contributed by atoms with Crippen LogP contribution in [0.2, 0.25) is 0 Å². The van der Waals surface area contributed by atoms with Crippen LogP contribution in [0.3, 0.4) is 0 Å². The fraction of sp³-hybridized carbons (Fsp3) is 0.100. The smallest absolute Gasteiger partial charge is 0.0521 e. The Morgan fingerprint density at radius 3 is 2.83 bits per heavy atom. The van der Waals surface area contributed by atoms with Crippen LogP contribution in [-0.4, -0.2) is 4.98 Å². The third-order valence-electron chi connectivity index (χ3n) is 1.86. The fourth-order valence-electron chi connectivity index (χ4n) is 1.25. The second kappa shape index (κ2) is 3.23. The minimum Gasteiger partial charge on any atom is -0.260 e. The van der Waals surface area contributed by atoms with E-state index in [4.69, 9.17) is 0 Å². The number of aromatic nitrogens is 1. The van der Waals surface area contributed by atoms with Gasteiger partial charge in [-0.1, -0.05) is 40.2 Å². The molecule has 60 valence electrons. The monoisotopic (exact) mass is 221 g/mol. The summed E-state index contributed by atoms with van der Waals surface area (Å²) in [5.74, 6) is 0.325. The zero-order valence-electron chi connectivity index (χ0n) is 6.44. The minimum absolute atomic E-state index is 0.325. The van der Waals surface area contributed by atoms with E-state index in [9.17, 15) is 0 Å². The van der Waals surface area contributed by atoms with E-state index < -0.39 is 0 Å². The van der Waals surface area contributed by atoms with Crippen LogP contribution in [0.4, 0.5) is 0 Å². The SMILES string of the molecule is BrC1=CC=CC1c1ccccn1. The summed E-state index contributed by atoms with van der Waals surface area (Å²) < 4.78 is 1.18. The fourth-order valence-corrected chi connectivity index (χ4v) is 1.79. The lowest BCUT2D eigenvalue weighted by atomic mass is 10.1. The summed E-state index contributed by atoms with van der Waals surface area (Å²) >= 11 is 3.50. The van der Waals surface area contributed by atoms with Gasteiger partial charge >= 0.3 is 0 Å². The van der Waals surface area contributed by atoms with Crippen molar-refractivity contribution in [3.8, 4) is 0 Å². The van der Waals surface area contributed by atoms with Crippen LogP contribution in [0, 0.1) is 0 Å². The summed E-state index contributed by atoms with van der Waals surface area (Å²) in [5, 5.41) is 0. The van der Waals surface area contributed by atoms with Gasteiger partial charge in [-0.25, -0.2) is 0 Å². The van der Waals surface area contributed by atoms with Crippen molar-refractivity contribution in [2.75, 3.05) is 0 Å². The molecule has 0 saturated carbocycles. The first-order chi connectivity index (χ1) is 5.88. The van der Waals surface area contributed by atoms with Gasteiger partial charge in [0.25, 0.3) is 0 Å². The second-order valence-electron chi connectivity index (χ2n) is 2.67. The molecule has 0 saturated heterocycles. The molecule has 0 aliphatic heterocycles. The van der Waals surface area contributed by atoms with Gasteiger partial charge in [0.1, 0.15) is 0 Å². The summed E-state index contributed by atoms with van der Waals surface area (Å²) in [5.41, 5.74) is 1.09. The number of nitrogens with zero attached hydrogens (tertiary/aromatic N) is 1. The van der Waals surface area contributed by atoms with Crippen LogP contribution in [0.5, 0.6) is 0 Å². The maximum atomic E-state index is 4.29. The molecular formula is C10H8BrN. The van der Waals surface area contributed by atoms with Gasteiger partial charge in [0, 0.05) is 10.7 Å². The molecule has 0 aromatic carbocycles. The van der Waals surface area contributed by atoms with Gasteiger partial charge in [-0.2, -0.15) is 0 Å². The summed E-state index contributed by atoms with van der Waals surface area (Å²) in [6, 6.07) is 5.98. The van der Waals surface area contributed by atoms with Crippen molar-refractivity contribution >= 4 is 15.9 Å². The first kappa shape index (κ1) is 7.74. The Kier molecular flexibility index (Phi) is 2.09. The van der Waals surface area contributed by atoms with Gasteiger partial charge in [-0.05, 0) is 12.1 Å². The number of rotatable bonds is 1. The Labute approximate surface area is 80.0 Å². The van der Waals surface area contributed by atoms with E-state index in [0.717, 1.165) is 5.69 Å². The van der Waals surface area contributed by atoms with Gasteiger partial charge < -0.3 is 0 Å². The molecule has 1 aliphatic carbocycles. The maximum Gasteiger partial charge on any atom is 0.0521 e. The number of allylic oxidation sites excluding steroid dienone is 4. The molecule has 0 amide bonds. The summed E-state index contributed by atoms with van der Waals surface area (Å²) in [6.45, 7) is 0. The second-order valence-corrected chi connectivity index (χ2v) is 3.58. The molecule has 12 heavy (non-hydrogen) atoms. The highest BCUT2D eigenvalue weighted by Crippen LogP contribution is 2.32. The highest BCUT2D eigenvalue weighted by Gasteiger charge is 2.14. The van der Waals surface area contributed by atoms with Crippen molar-refractivity contribution < 1.29 is 0 Å². The Morgan fingerprint density at radius 2 is 2.25 bits per heavy atom. The van der Waals surface area contributed by atoms with E-state index >= 15 is 0 Å². The van der Waals surface area contributed by atoms with Crippen LogP contribution in [0.1, 0.15) is 11.6 Å². The number of hydrogen-bond donors (Lipinski definition) is 0. The van der Waals surface area contributed by atoms with Crippen molar-refractivity contribution in [2.24, 2.45) is 0 Å². The van der Waals surface area contributed by atoms with Crippen molar-refractivity contribution in [3.63, 3.8) is 0 Å². The Bertz CT molecular complexity index is 327. The topological polar surface area (TPSA) is 12.9 Å². The molecule has 1 aromatic heterocycles. The molecule has 0 N–H and O–H groups in total. The lowest BCUT2D eigenvalue weighted by molar-refractivity contribution is 0.997. The van der Waals surface area contributed by atoms with Crippen molar-refractivity contribution in [1.82, 2.24) is 4.98 Å². The van der Waals surface area contributed by atoms with Gasteiger partial charge in [0.05, 0.1) is 11.6 Å². The molecule has 1 aliphatic rings. The molecular weight excluding hydrogens is 214 g/mol. The zero-order valence-corrected chi connectivity index (χ0v) is 8.03. The average molecular weight is 222 g/mol. The third-order valence-corrected chi connectivity index (χ3v) is 2.62. The summed E-state index contributed by atoms with van der Waals surface area (Å²) in [7, 11) is 0. The lowest BCUT2D eigenvalue weighted by Crippen LogP contribution is -1.94. The number of hydrogen-bond acceptors (Lipinski definition) is 1. The van der Waals surface area contributed by atoms with Crippen LogP contribution < -0.4 is 0 Å². The first-order valence-corrected chi connectivity index (χ1v) is 4.62. The predicted octanol–water partition coefficient (Wildman–Crippen LogP) is 3.01. The van der Waals surface area contributed by atoms with E-state index in [0.29, 0.717) is 5.92 Å². The zero-order chi connectivity index (χ0) is 8.39. The van der Waals surface area contributed by atoms with Gasteiger partial charge in [0.15, 0.2) is 0 Å². The van der Waals surface area contributed by atoms with E-state index in [-0.39, 0.29) is 0 Å². The van der Waals surface area contributed by atoms with Crippen molar-refractivity contribution in [3.05, 3.63) is 52.8 Å². The van der Waals surface area contributed by atoms with E-state index in [1.165, 1.54) is 4.48 Å². The molecule has 1 unspecified atom stereocenters. The van der Waals surface area contributed by atoms with Gasteiger partial charge in [-0.15, -0.1) is 0 Å². The minimum atomic E-state index is 0.325. The van der Waals surface area contributed by atoms with Crippen LogP contribution in [0.25, 0.3) is 0 Å². The summed E-state index contributed by atoms with van der Waals surface area (Å²) in [6.07, 6.45) is 8.05. The van der Waals surface area contributed by atoms with Crippen LogP contribution in [0.15, 0.2) is 47.1 Å². The van der Waals surface area contributed by atoms with Crippen molar-refractivity contribution in [2.45, 2.75) is 5.92 Å². The van der Waals surface area contributed by atoms with E-state index in [1.54, 1.807) is 0 Å². The molecule has 1 atom stereocenters. The van der Waals surface area contributed by atoms with Crippen molar-refractivity contribution in [1.29, 1.82) is 0 Å². The summed E-state index contributed by atoms with van der Waals surface area (Å²) in [4.78, 5) is 4.29. The Morgan fingerprint density at radius 1 is 1.33 bits per heavy atom. The Hall–Kier alpha value is -0.890.